The molecule has 94 valence electrons. The van der Waals surface area contributed by atoms with Crippen molar-refractivity contribution >= 4 is 0 Å². The van der Waals surface area contributed by atoms with Gasteiger partial charge in [-0.05, 0) is 51.7 Å². The standard InChI is InChI=1S/C14H22N2O/c1-4-17-14-6-5-11(13-7-8-15-13)9-12(14)10-16(2)3/h5-6,9,13,15H,4,7-8,10H2,1-3H3/t13-/m0/s1. The summed E-state index contributed by atoms with van der Waals surface area (Å²) in [6.07, 6.45) is 1.25. The Morgan fingerprint density at radius 2 is 2.18 bits per heavy atom. The predicted octanol–water partition coefficient (Wildman–Crippen LogP) is 2.18. The van der Waals surface area contributed by atoms with Gasteiger partial charge in [0.1, 0.15) is 5.75 Å². The highest BCUT2D eigenvalue weighted by atomic mass is 16.5. The number of hydrogen-bond acceptors (Lipinski definition) is 3. The Labute approximate surface area is 104 Å². The smallest absolute Gasteiger partial charge is 0.123 e. The molecular formula is C14H22N2O. The summed E-state index contributed by atoms with van der Waals surface area (Å²) in [7, 11) is 4.17. The number of ether oxygens (including phenoxy) is 1. The van der Waals surface area contributed by atoms with E-state index >= 15 is 0 Å². The van der Waals surface area contributed by atoms with Crippen LogP contribution in [0.2, 0.25) is 0 Å². The van der Waals surface area contributed by atoms with Crippen LogP contribution in [0.15, 0.2) is 18.2 Å². The summed E-state index contributed by atoms with van der Waals surface area (Å²) in [6, 6.07) is 7.12. The Kier molecular flexibility index (Phi) is 4.02. The molecule has 1 N–H and O–H groups in total. The van der Waals surface area contributed by atoms with Crippen molar-refractivity contribution in [1.29, 1.82) is 0 Å². The maximum absolute atomic E-state index is 5.68. The summed E-state index contributed by atoms with van der Waals surface area (Å²) < 4.78 is 5.68. The SMILES string of the molecule is CCOc1ccc([C@@H]2CCN2)cc1CN(C)C. The molecule has 1 aliphatic heterocycles. The maximum Gasteiger partial charge on any atom is 0.123 e. The fourth-order valence-electron chi connectivity index (χ4n) is 2.15. The van der Waals surface area contributed by atoms with Crippen LogP contribution in [-0.2, 0) is 6.54 Å². The molecule has 2 rings (SSSR count). The first-order valence-electron chi connectivity index (χ1n) is 6.34. The van der Waals surface area contributed by atoms with Crippen molar-refractivity contribution in [2.45, 2.75) is 25.9 Å². The molecule has 0 aromatic heterocycles. The lowest BCUT2D eigenvalue weighted by Gasteiger charge is -2.29. The van der Waals surface area contributed by atoms with Crippen LogP contribution in [0.5, 0.6) is 5.75 Å². The van der Waals surface area contributed by atoms with Gasteiger partial charge >= 0.3 is 0 Å². The summed E-state index contributed by atoms with van der Waals surface area (Å²) in [5.41, 5.74) is 2.67. The van der Waals surface area contributed by atoms with Crippen molar-refractivity contribution in [3.05, 3.63) is 29.3 Å². The molecule has 0 bridgehead atoms. The lowest BCUT2D eigenvalue weighted by Crippen LogP contribution is -2.35. The lowest BCUT2D eigenvalue weighted by atomic mass is 9.96. The van der Waals surface area contributed by atoms with Crippen molar-refractivity contribution in [1.82, 2.24) is 10.2 Å². The van der Waals surface area contributed by atoms with Crippen LogP contribution in [0.25, 0.3) is 0 Å². The highest BCUT2D eigenvalue weighted by Gasteiger charge is 2.19. The van der Waals surface area contributed by atoms with E-state index in [2.05, 4.69) is 42.5 Å². The van der Waals surface area contributed by atoms with Crippen LogP contribution >= 0.6 is 0 Å². The van der Waals surface area contributed by atoms with E-state index in [4.69, 9.17) is 4.74 Å². The van der Waals surface area contributed by atoms with Gasteiger partial charge in [0.05, 0.1) is 6.61 Å². The van der Waals surface area contributed by atoms with Gasteiger partial charge in [-0.1, -0.05) is 6.07 Å². The molecule has 1 atom stereocenters. The highest BCUT2D eigenvalue weighted by Crippen LogP contribution is 2.28. The largest absolute Gasteiger partial charge is 0.494 e. The Bertz CT molecular complexity index is 372. The summed E-state index contributed by atoms with van der Waals surface area (Å²) in [5, 5.41) is 3.44. The monoisotopic (exact) mass is 234 g/mol. The molecule has 0 saturated carbocycles. The van der Waals surface area contributed by atoms with Crippen LogP contribution < -0.4 is 10.1 Å². The number of nitrogens with one attached hydrogen (secondary N) is 1. The second-order valence-corrected chi connectivity index (χ2v) is 4.83. The van der Waals surface area contributed by atoms with Crippen molar-refractivity contribution in [2.75, 3.05) is 27.2 Å². The zero-order chi connectivity index (χ0) is 12.3. The van der Waals surface area contributed by atoms with E-state index in [9.17, 15) is 0 Å². The van der Waals surface area contributed by atoms with E-state index < -0.39 is 0 Å². The molecular weight excluding hydrogens is 212 g/mol. The molecule has 1 saturated heterocycles. The van der Waals surface area contributed by atoms with Crippen molar-refractivity contribution in [2.24, 2.45) is 0 Å². The van der Waals surface area contributed by atoms with Gasteiger partial charge in [0.15, 0.2) is 0 Å². The van der Waals surface area contributed by atoms with Crippen molar-refractivity contribution < 1.29 is 4.74 Å². The van der Waals surface area contributed by atoms with Gasteiger partial charge in [-0.3, -0.25) is 0 Å². The third-order valence-corrected chi connectivity index (χ3v) is 3.10. The first-order chi connectivity index (χ1) is 8.20. The summed E-state index contributed by atoms with van der Waals surface area (Å²) in [5.74, 6) is 1.02. The minimum absolute atomic E-state index is 0.548. The van der Waals surface area contributed by atoms with Crippen molar-refractivity contribution in [3.8, 4) is 5.75 Å². The molecule has 0 unspecified atom stereocenters. The molecule has 1 heterocycles. The fourth-order valence-corrected chi connectivity index (χ4v) is 2.15. The number of nitrogens with zero attached hydrogens (tertiary/aromatic N) is 1. The normalized spacial score (nSPS) is 19.2. The Hall–Kier alpha value is -1.06. The zero-order valence-electron chi connectivity index (χ0n) is 11.0. The Morgan fingerprint density at radius 1 is 1.41 bits per heavy atom. The Balaban J connectivity index is 2.21. The molecule has 1 fully saturated rings. The average Bonchev–Trinajstić information content (AvgIpc) is 2.18. The second kappa shape index (κ2) is 5.52. The summed E-state index contributed by atoms with van der Waals surface area (Å²) >= 11 is 0. The van der Waals surface area contributed by atoms with Gasteiger partial charge in [0.2, 0.25) is 0 Å². The van der Waals surface area contributed by atoms with E-state index in [0.29, 0.717) is 6.04 Å². The maximum atomic E-state index is 5.68. The molecule has 3 nitrogen and oxygen atoms in total. The van der Waals surface area contributed by atoms with Crippen LogP contribution in [0.1, 0.15) is 30.5 Å². The van der Waals surface area contributed by atoms with Gasteiger partial charge in [0, 0.05) is 18.2 Å². The van der Waals surface area contributed by atoms with Gasteiger partial charge in [-0.25, -0.2) is 0 Å². The van der Waals surface area contributed by atoms with Crippen LogP contribution in [0, 0.1) is 0 Å². The van der Waals surface area contributed by atoms with Gasteiger partial charge < -0.3 is 15.0 Å². The molecule has 3 heteroatoms. The molecule has 17 heavy (non-hydrogen) atoms. The van der Waals surface area contributed by atoms with E-state index in [0.717, 1.165) is 25.4 Å². The minimum Gasteiger partial charge on any atom is -0.494 e. The van der Waals surface area contributed by atoms with Crippen LogP contribution in [0.4, 0.5) is 0 Å². The zero-order valence-corrected chi connectivity index (χ0v) is 11.0. The highest BCUT2D eigenvalue weighted by molar-refractivity contribution is 5.39. The average molecular weight is 234 g/mol. The quantitative estimate of drug-likeness (QED) is 0.845. The molecule has 0 aliphatic carbocycles. The van der Waals surface area contributed by atoms with Gasteiger partial charge in [-0.2, -0.15) is 0 Å². The van der Waals surface area contributed by atoms with Gasteiger partial charge in [-0.15, -0.1) is 0 Å². The van der Waals surface area contributed by atoms with Crippen molar-refractivity contribution in [3.63, 3.8) is 0 Å². The van der Waals surface area contributed by atoms with E-state index in [1.54, 1.807) is 0 Å². The van der Waals surface area contributed by atoms with Crippen LogP contribution in [0.3, 0.4) is 0 Å². The molecule has 0 amide bonds. The first kappa shape index (κ1) is 12.4. The number of hydrogen-bond donors (Lipinski definition) is 1. The topological polar surface area (TPSA) is 24.5 Å². The number of rotatable bonds is 5. The molecule has 1 aromatic rings. The second-order valence-electron chi connectivity index (χ2n) is 4.83. The fraction of sp³-hybridized carbons (Fsp3) is 0.571. The van der Waals surface area contributed by atoms with E-state index in [-0.39, 0.29) is 0 Å². The number of benzene rings is 1. The van der Waals surface area contributed by atoms with Crippen LogP contribution in [-0.4, -0.2) is 32.1 Å². The van der Waals surface area contributed by atoms with E-state index in [1.165, 1.54) is 17.5 Å². The molecule has 0 spiro atoms. The first-order valence-corrected chi connectivity index (χ1v) is 6.34. The lowest BCUT2D eigenvalue weighted by molar-refractivity contribution is 0.323. The third kappa shape index (κ3) is 2.99. The summed E-state index contributed by atoms with van der Waals surface area (Å²) in [6.45, 7) is 4.82. The van der Waals surface area contributed by atoms with E-state index in [1.807, 2.05) is 6.92 Å². The molecule has 0 radical (unpaired) electrons. The van der Waals surface area contributed by atoms with Gasteiger partial charge in [0.25, 0.3) is 0 Å². The summed E-state index contributed by atoms with van der Waals surface area (Å²) in [4.78, 5) is 2.18. The predicted molar refractivity (Wildman–Crippen MR) is 70.4 cm³/mol. The molecule has 1 aromatic carbocycles. The molecule has 1 aliphatic rings. The minimum atomic E-state index is 0.548. The third-order valence-electron chi connectivity index (χ3n) is 3.10. The Morgan fingerprint density at radius 3 is 2.71 bits per heavy atom.